The monoisotopic (exact) mass is 517 g/mol. The van der Waals surface area contributed by atoms with E-state index in [-0.39, 0.29) is 23.7 Å². The third kappa shape index (κ3) is 5.15. The number of imidazole rings is 1. The molecule has 7 nitrogen and oxygen atoms in total. The molecule has 0 unspecified atom stereocenters. The van der Waals surface area contributed by atoms with Gasteiger partial charge in [0.05, 0.1) is 23.7 Å². The van der Waals surface area contributed by atoms with Crippen LogP contribution in [0.1, 0.15) is 10.4 Å². The molecule has 2 aromatic carbocycles. The number of amides is 1. The molecule has 0 aliphatic heterocycles. The first-order valence-corrected chi connectivity index (χ1v) is 10.2. The number of carbonyl (C=O) groups is 1. The number of nitrogens with zero attached hydrogens (tertiary/aromatic N) is 3. The molecule has 0 spiro atoms. The summed E-state index contributed by atoms with van der Waals surface area (Å²) in [6, 6.07) is 12.4. The molecule has 5 rings (SSSR count). The summed E-state index contributed by atoms with van der Waals surface area (Å²) in [5, 5.41) is 9.15. The van der Waals surface area contributed by atoms with Gasteiger partial charge in [-0.3, -0.25) is 14.3 Å². The van der Waals surface area contributed by atoms with Crippen LogP contribution in [0.4, 0.5) is 23.2 Å². The number of alkyl halides is 3. The molecular weight excluding hydrogens is 502 g/mol. The van der Waals surface area contributed by atoms with E-state index in [4.69, 9.17) is 0 Å². The van der Waals surface area contributed by atoms with Crippen molar-refractivity contribution < 1.29 is 27.1 Å². The van der Waals surface area contributed by atoms with Crippen LogP contribution in [-0.2, 0) is 0 Å². The quantitative estimate of drug-likeness (QED) is 0.276. The van der Waals surface area contributed by atoms with Crippen molar-refractivity contribution in [3.63, 3.8) is 0 Å². The Morgan fingerprint density at radius 3 is 2.39 bits per heavy atom. The summed E-state index contributed by atoms with van der Waals surface area (Å²) in [5.74, 6) is -1.95. The number of halogens is 5. The normalized spacial score (nSPS) is 11.2. The highest BCUT2D eigenvalue weighted by atomic mass is 35.5. The minimum absolute atomic E-state index is 0. The Morgan fingerprint density at radius 2 is 1.72 bits per heavy atom. The van der Waals surface area contributed by atoms with Crippen LogP contribution in [0, 0.1) is 5.82 Å². The summed E-state index contributed by atoms with van der Waals surface area (Å²) in [6.45, 7) is 0. The molecule has 184 valence electrons. The third-order valence-corrected chi connectivity index (χ3v) is 5.19. The van der Waals surface area contributed by atoms with Crippen molar-refractivity contribution in [2.24, 2.45) is 0 Å². The minimum Gasteiger partial charge on any atom is -0.406 e. The molecule has 0 saturated carbocycles. The largest absolute Gasteiger partial charge is 0.573 e. The lowest BCUT2D eigenvalue weighted by molar-refractivity contribution is -0.274. The van der Waals surface area contributed by atoms with Gasteiger partial charge in [-0.2, -0.15) is 5.10 Å². The molecule has 0 fully saturated rings. The Kier molecular flexibility index (Phi) is 6.67. The van der Waals surface area contributed by atoms with Crippen LogP contribution in [0.5, 0.6) is 5.75 Å². The summed E-state index contributed by atoms with van der Waals surface area (Å²) in [6.07, 6.45) is 2.07. The topological polar surface area (TPSA) is 84.3 Å². The van der Waals surface area contributed by atoms with Crippen molar-refractivity contribution in [2.45, 2.75) is 6.36 Å². The van der Waals surface area contributed by atoms with Gasteiger partial charge in [-0.05, 0) is 48.5 Å². The van der Waals surface area contributed by atoms with Gasteiger partial charge in [0.15, 0.2) is 0 Å². The SMILES string of the molecule is Cl.O=C(Nc1ccc(OC(F)(F)F)cc1)c1ccc(-c2cnc3ccc(-c4cn[nH]c4)cn23)cc1F. The van der Waals surface area contributed by atoms with Crippen LogP contribution in [-0.4, -0.2) is 31.9 Å². The van der Waals surface area contributed by atoms with Crippen LogP contribution in [0.2, 0.25) is 0 Å². The number of hydrogen-bond acceptors (Lipinski definition) is 4. The smallest absolute Gasteiger partial charge is 0.406 e. The molecule has 36 heavy (non-hydrogen) atoms. The average molecular weight is 518 g/mol. The number of aromatic nitrogens is 4. The average Bonchev–Trinajstić information content (AvgIpc) is 3.49. The molecule has 12 heteroatoms. The number of pyridine rings is 1. The second-order valence-corrected chi connectivity index (χ2v) is 7.50. The number of hydrogen-bond donors (Lipinski definition) is 2. The molecule has 2 N–H and O–H groups in total. The standard InChI is InChI=1S/C24H15F4N5O2.ClH/c25-20-9-14(21-12-29-22-8-2-15(13-33(21)22)16-10-30-31-11-16)1-7-19(20)23(34)32-17-3-5-18(6-4-17)35-24(26,27)28;/h1-13H,(H,30,31)(H,32,34);1H. The first-order chi connectivity index (χ1) is 16.8. The molecular formula is C24H16ClF4N5O2. The predicted octanol–water partition coefficient (Wildman–Crippen LogP) is 6.10. The lowest BCUT2D eigenvalue weighted by Crippen LogP contribution is -2.17. The summed E-state index contributed by atoms with van der Waals surface area (Å²) >= 11 is 0. The second-order valence-electron chi connectivity index (χ2n) is 7.50. The zero-order chi connectivity index (χ0) is 24.6. The number of fused-ring (bicyclic) bond motifs is 1. The zero-order valence-corrected chi connectivity index (χ0v) is 18.9. The molecule has 0 bridgehead atoms. The number of anilines is 1. The van der Waals surface area contributed by atoms with Gasteiger partial charge in [-0.15, -0.1) is 25.6 Å². The summed E-state index contributed by atoms with van der Waals surface area (Å²) < 4.78 is 57.3. The number of rotatable bonds is 5. The predicted molar refractivity (Wildman–Crippen MR) is 126 cm³/mol. The number of benzene rings is 2. The van der Waals surface area contributed by atoms with E-state index in [9.17, 15) is 22.4 Å². The highest BCUT2D eigenvalue weighted by Gasteiger charge is 2.31. The Bertz CT molecular complexity index is 1520. The van der Waals surface area contributed by atoms with Crippen molar-refractivity contribution in [1.29, 1.82) is 0 Å². The van der Waals surface area contributed by atoms with E-state index in [1.165, 1.54) is 24.3 Å². The second kappa shape index (κ2) is 9.70. The fourth-order valence-electron chi connectivity index (χ4n) is 3.57. The van der Waals surface area contributed by atoms with E-state index in [0.717, 1.165) is 23.3 Å². The Labute approximate surface area is 207 Å². The molecule has 5 aromatic rings. The molecule has 0 aliphatic rings. The first kappa shape index (κ1) is 24.7. The lowest BCUT2D eigenvalue weighted by Gasteiger charge is -2.11. The molecule has 0 radical (unpaired) electrons. The van der Waals surface area contributed by atoms with Gasteiger partial charge >= 0.3 is 6.36 Å². The maximum absolute atomic E-state index is 14.9. The van der Waals surface area contributed by atoms with Gasteiger partial charge in [0.25, 0.3) is 5.91 Å². The molecule has 3 heterocycles. The Morgan fingerprint density at radius 1 is 0.972 bits per heavy atom. The number of H-pyrrole nitrogens is 1. The van der Waals surface area contributed by atoms with E-state index >= 15 is 0 Å². The minimum atomic E-state index is -4.82. The van der Waals surface area contributed by atoms with Gasteiger partial charge in [-0.1, -0.05) is 6.07 Å². The molecule has 1 amide bonds. The van der Waals surface area contributed by atoms with Gasteiger partial charge in [0.2, 0.25) is 0 Å². The molecule has 3 aromatic heterocycles. The van der Waals surface area contributed by atoms with Crippen LogP contribution in [0.3, 0.4) is 0 Å². The van der Waals surface area contributed by atoms with E-state index in [1.807, 2.05) is 18.3 Å². The van der Waals surface area contributed by atoms with E-state index in [0.29, 0.717) is 16.9 Å². The fraction of sp³-hybridized carbons (Fsp3) is 0.0417. The van der Waals surface area contributed by atoms with Crippen molar-refractivity contribution in [3.8, 4) is 28.1 Å². The number of aromatic amines is 1. The number of nitrogens with one attached hydrogen (secondary N) is 2. The molecule has 0 saturated heterocycles. The van der Waals surface area contributed by atoms with Gasteiger partial charge in [0.1, 0.15) is 17.2 Å². The van der Waals surface area contributed by atoms with Crippen molar-refractivity contribution in [2.75, 3.05) is 5.32 Å². The van der Waals surface area contributed by atoms with Crippen molar-refractivity contribution >= 4 is 29.6 Å². The van der Waals surface area contributed by atoms with Gasteiger partial charge < -0.3 is 10.1 Å². The first-order valence-electron chi connectivity index (χ1n) is 10.2. The molecule has 0 atom stereocenters. The fourth-order valence-corrected chi connectivity index (χ4v) is 3.57. The van der Waals surface area contributed by atoms with E-state index < -0.39 is 23.8 Å². The Balaban J connectivity index is 0.00000304. The van der Waals surface area contributed by atoms with Crippen LogP contribution < -0.4 is 10.1 Å². The molecule has 0 aliphatic carbocycles. The highest BCUT2D eigenvalue weighted by Crippen LogP contribution is 2.27. The van der Waals surface area contributed by atoms with Crippen LogP contribution in [0.25, 0.3) is 28.0 Å². The maximum Gasteiger partial charge on any atom is 0.573 e. The lowest BCUT2D eigenvalue weighted by atomic mass is 10.1. The Hall–Kier alpha value is -4.38. The van der Waals surface area contributed by atoms with Crippen LogP contribution in [0.15, 0.2) is 79.4 Å². The van der Waals surface area contributed by atoms with Crippen LogP contribution >= 0.6 is 12.4 Å². The number of carbonyl (C=O) groups excluding carboxylic acids is 1. The number of ether oxygens (including phenoxy) is 1. The summed E-state index contributed by atoms with van der Waals surface area (Å²) in [7, 11) is 0. The van der Waals surface area contributed by atoms with Gasteiger partial charge in [0, 0.05) is 34.8 Å². The van der Waals surface area contributed by atoms with E-state index in [1.54, 1.807) is 29.1 Å². The van der Waals surface area contributed by atoms with Crippen molar-refractivity contribution in [3.05, 3.63) is 90.8 Å². The zero-order valence-electron chi connectivity index (χ0n) is 18.1. The summed E-state index contributed by atoms with van der Waals surface area (Å²) in [5.41, 5.74) is 3.50. The summed E-state index contributed by atoms with van der Waals surface area (Å²) in [4.78, 5) is 16.9. The highest BCUT2D eigenvalue weighted by molar-refractivity contribution is 6.04. The third-order valence-electron chi connectivity index (χ3n) is 5.19. The maximum atomic E-state index is 14.9. The van der Waals surface area contributed by atoms with Crippen molar-refractivity contribution in [1.82, 2.24) is 19.6 Å². The van der Waals surface area contributed by atoms with Gasteiger partial charge in [-0.25, -0.2) is 9.37 Å². The van der Waals surface area contributed by atoms with E-state index in [2.05, 4.69) is 25.2 Å².